The molecule has 0 atom stereocenters. The van der Waals surface area contributed by atoms with Crippen LogP contribution < -0.4 is 4.74 Å². The van der Waals surface area contributed by atoms with Gasteiger partial charge >= 0.3 is 0 Å². The summed E-state index contributed by atoms with van der Waals surface area (Å²) in [5.74, 6) is 1.81. The summed E-state index contributed by atoms with van der Waals surface area (Å²) in [5, 5.41) is 10.1. The zero-order valence-electron chi connectivity index (χ0n) is 16.3. The van der Waals surface area contributed by atoms with E-state index in [9.17, 15) is 5.11 Å². The highest BCUT2D eigenvalue weighted by Gasteiger charge is 2.11. The Morgan fingerprint density at radius 3 is 2.56 bits per heavy atom. The number of aryl methyl sites for hydroxylation is 4. The van der Waals surface area contributed by atoms with E-state index in [0.29, 0.717) is 13.0 Å². The molecule has 0 bridgehead atoms. The number of aliphatic hydroxyl groups excluding tert-OH is 1. The minimum atomic E-state index is 0.111. The number of fused-ring (bicyclic) bond motifs is 1. The largest absolute Gasteiger partial charge is 0.494 e. The van der Waals surface area contributed by atoms with Crippen molar-refractivity contribution >= 4 is 22.6 Å². The Balaban J connectivity index is 1.62. The smallest absolute Gasteiger partial charge is 0.119 e. The minimum absolute atomic E-state index is 0.111. The average Bonchev–Trinajstić information content (AvgIpc) is 2.95. The molecule has 4 nitrogen and oxygen atoms in total. The van der Waals surface area contributed by atoms with Crippen molar-refractivity contribution < 1.29 is 9.84 Å². The SMILES string of the molecule is Cc1cc2nc(CCO)n(CCCCOc3ccc(Cl)c(C)c3)c2cc1C. The van der Waals surface area contributed by atoms with Crippen LogP contribution in [0.3, 0.4) is 0 Å². The molecule has 0 unspecified atom stereocenters. The number of aliphatic hydroxyl groups is 1. The minimum Gasteiger partial charge on any atom is -0.494 e. The lowest BCUT2D eigenvalue weighted by atomic mass is 10.1. The lowest BCUT2D eigenvalue weighted by molar-refractivity contribution is 0.292. The highest BCUT2D eigenvalue weighted by Crippen LogP contribution is 2.23. The fourth-order valence-electron chi connectivity index (χ4n) is 3.24. The Morgan fingerprint density at radius 2 is 1.81 bits per heavy atom. The van der Waals surface area contributed by atoms with Crippen molar-refractivity contribution in [3.63, 3.8) is 0 Å². The lowest BCUT2D eigenvalue weighted by Crippen LogP contribution is -2.07. The molecule has 1 heterocycles. The summed E-state index contributed by atoms with van der Waals surface area (Å²) in [6.07, 6.45) is 2.52. The second kappa shape index (κ2) is 8.77. The molecule has 0 spiro atoms. The van der Waals surface area contributed by atoms with Gasteiger partial charge in [-0.1, -0.05) is 11.6 Å². The Morgan fingerprint density at radius 1 is 1.04 bits per heavy atom. The van der Waals surface area contributed by atoms with Crippen molar-refractivity contribution in [2.75, 3.05) is 13.2 Å². The number of halogens is 1. The standard InChI is InChI=1S/C22H27ClN2O2/c1-15-13-20-21(14-16(15)2)25(22(24-20)8-10-26)9-4-5-11-27-18-6-7-19(23)17(3)12-18/h6-7,12-14,26H,4-5,8-11H2,1-3H3. The first kappa shape index (κ1) is 19.7. The third-order valence-electron chi connectivity index (χ3n) is 4.95. The first-order valence-electron chi connectivity index (χ1n) is 9.45. The maximum atomic E-state index is 9.37. The van der Waals surface area contributed by atoms with Crippen molar-refractivity contribution in [1.29, 1.82) is 0 Å². The van der Waals surface area contributed by atoms with Crippen molar-refractivity contribution in [2.24, 2.45) is 0 Å². The maximum Gasteiger partial charge on any atom is 0.119 e. The zero-order chi connectivity index (χ0) is 19.4. The third kappa shape index (κ3) is 4.63. The molecule has 27 heavy (non-hydrogen) atoms. The van der Waals surface area contributed by atoms with Gasteiger partial charge in [-0.15, -0.1) is 0 Å². The van der Waals surface area contributed by atoms with E-state index < -0.39 is 0 Å². The second-order valence-corrected chi connectivity index (χ2v) is 7.45. The topological polar surface area (TPSA) is 47.3 Å². The number of hydrogen-bond donors (Lipinski definition) is 1. The number of ether oxygens (including phenoxy) is 1. The number of nitrogens with zero attached hydrogens (tertiary/aromatic N) is 2. The van der Waals surface area contributed by atoms with Gasteiger partial charge in [-0.25, -0.2) is 4.98 Å². The van der Waals surface area contributed by atoms with Gasteiger partial charge in [0.25, 0.3) is 0 Å². The average molecular weight is 387 g/mol. The summed E-state index contributed by atoms with van der Waals surface area (Å²) in [6, 6.07) is 10.1. The van der Waals surface area contributed by atoms with Gasteiger partial charge in [0.15, 0.2) is 0 Å². The van der Waals surface area contributed by atoms with Crippen LogP contribution in [-0.2, 0) is 13.0 Å². The molecule has 3 aromatic rings. The molecule has 5 heteroatoms. The number of aromatic nitrogens is 2. The predicted molar refractivity (Wildman–Crippen MR) is 111 cm³/mol. The van der Waals surface area contributed by atoms with Crippen molar-refractivity contribution in [3.8, 4) is 5.75 Å². The Hall–Kier alpha value is -2.04. The Labute approximate surface area is 165 Å². The van der Waals surface area contributed by atoms with Gasteiger partial charge in [0.2, 0.25) is 0 Å². The van der Waals surface area contributed by atoms with E-state index in [2.05, 4.69) is 30.5 Å². The van der Waals surface area contributed by atoms with Crippen LogP contribution in [0.15, 0.2) is 30.3 Å². The number of benzene rings is 2. The molecule has 1 aromatic heterocycles. The highest BCUT2D eigenvalue weighted by atomic mass is 35.5. The van der Waals surface area contributed by atoms with E-state index >= 15 is 0 Å². The molecule has 0 aliphatic heterocycles. The van der Waals surface area contributed by atoms with E-state index in [1.165, 1.54) is 11.1 Å². The molecule has 0 fully saturated rings. The van der Waals surface area contributed by atoms with E-state index in [4.69, 9.17) is 21.3 Å². The molecule has 0 aliphatic carbocycles. The number of hydrogen-bond acceptors (Lipinski definition) is 3. The molecular formula is C22H27ClN2O2. The molecule has 2 aromatic carbocycles. The normalized spacial score (nSPS) is 11.3. The molecule has 0 saturated carbocycles. The summed E-state index contributed by atoms with van der Waals surface area (Å²) >= 11 is 6.05. The molecule has 1 N–H and O–H groups in total. The van der Waals surface area contributed by atoms with E-state index in [1.54, 1.807) is 0 Å². The molecule has 0 radical (unpaired) electrons. The summed E-state index contributed by atoms with van der Waals surface area (Å²) < 4.78 is 8.08. The van der Waals surface area contributed by atoms with Gasteiger partial charge in [0.05, 0.1) is 24.2 Å². The summed E-state index contributed by atoms with van der Waals surface area (Å²) in [5.41, 5.74) is 5.69. The van der Waals surface area contributed by atoms with Crippen LogP contribution in [0.5, 0.6) is 5.75 Å². The van der Waals surface area contributed by atoms with Gasteiger partial charge in [-0.2, -0.15) is 0 Å². The van der Waals surface area contributed by atoms with Crippen LogP contribution in [0, 0.1) is 20.8 Å². The zero-order valence-corrected chi connectivity index (χ0v) is 17.0. The van der Waals surface area contributed by atoms with Gasteiger partial charge in [0.1, 0.15) is 11.6 Å². The monoisotopic (exact) mass is 386 g/mol. The van der Waals surface area contributed by atoms with E-state index in [1.807, 2.05) is 25.1 Å². The molecule has 0 saturated heterocycles. The fraction of sp³-hybridized carbons (Fsp3) is 0.409. The molecular weight excluding hydrogens is 360 g/mol. The number of unbranched alkanes of at least 4 members (excludes halogenated alkanes) is 1. The van der Waals surface area contributed by atoms with Crippen molar-refractivity contribution in [2.45, 2.75) is 46.6 Å². The van der Waals surface area contributed by atoms with Gasteiger partial charge in [-0.3, -0.25) is 0 Å². The van der Waals surface area contributed by atoms with Gasteiger partial charge in [-0.05, 0) is 80.6 Å². The molecule has 0 amide bonds. The Bertz CT molecular complexity index is 934. The predicted octanol–water partition coefficient (Wildman–Crippen LogP) is 5.01. The quantitative estimate of drug-likeness (QED) is 0.553. The molecule has 0 aliphatic rings. The first-order chi connectivity index (χ1) is 13.0. The Kier molecular flexibility index (Phi) is 6.40. The van der Waals surface area contributed by atoms with E-state index in [0.717, 1.165) is 52.6 Å². The summed E-state index contributed by atoms with van der Waals surface area (Å²) in [7, 11) is 0. The van der Waals surface area contributed by atoms with Gasteiger partial charge < -0.3 is 14.4 Å². The number of rotatable bonds is 8. The number of imidazole rings is 1. The first-order valence-corrected chi connectivity index (χ1v) is 9.83. The second-order valence-electron chi connectivity index (χ2n) is 7.05. The van der Waals surface area contributed by atoms with Crippen LogP contribution in [0.25, 0.3) is 11.0 Å². The van der Waals surface area contributed by atoms with Crippen LogP contribution in [0.1, 0.15) is 35.4 Å². The van der Waals surface area contributed by atoms with Gasteiger partial charge in [0, 0.05) is 18.0 Å². The van der Waals surface area contributed by atoms with Crippen LogP contribution >= 0.6 is 11.6 Å². The van der Waals surface area contributed by atoms with Crippen molar-refractivity contribution in [1.82, 2.24) is 9.55 Å². The lowest BCUT2D eigenvalue weighted by Gasteiger charge is -2.11. The van der Waals surface area contributed by atoms with Crippen LogP contribution in [-0.4, -0.2) is 27.9 Å². The fourth-order valence-corrected chi connectivity index (χ4v) is 3.36. The summed E-state index contributed by atoms with van der Waals surface area (Å²) in [4.78, 5) is 4.73. The molecule has 3 rings (SSSR count). The van der Waals surface area contributed by atoms with Crippen LogP contribution in [0.2, 0.25) is 5.02 Å². The van der Waals surface area contributed by atoms with E-state index in [-0.39, 0.29) is 6.61 Å². The van der Waals surface area contributed by atoms with Crippen molar-refractivity contribution in [3.05, 3.63) is 57.9 Å². The molecule has 144 valence electrons. The third-order valence-corrected chi connectivity index (χ3v) is 5.38. The highest BCUT2D eigenvalue weighted by molar-refractivity contribution is 6.31. The maximum absolute atomic E-state index is 9.37. The summed E-state index contributed by atoms with van der Waals surface area (Å²) in [6.45, 7) is 7.86. The van der Waals surface area contributed by atoms with Crippen LogP contribution in [0.4, 0.5) is 0 Å².